The molecule has 1 saturated heterocycles. The molecule has 1 fully saturated rings. The Morgan fingerprint density at radius 3 is 2.50 bits per heavy atom. The van der Waals surface area contributed by atoms with Crippen LogP contribution in [0.5, 0.6) is 0 Å². The summed E-state index contributed by atoms with van der Waals surface area (Å²) in [5.41, 5.74) is 0.0796. The minimum absolute atomic E-state index is 0.00851. The van der Waals surface area contributed by atoms with Crippen LogP contribution in [0.1, 0.15) is 10.4 Å². The number of aromatic nitrogens is 1. The molecule has 0 aliphatic carbocycles. The van der Waals surface area contributed by atoms with Gasteiger partial charge in [0.25, 0.3) is 5.91 Å². The zero-order valence-corrected chi connectivity index (χ0v) is 11.5. The van der Waals surface area contributed by atoms with Crippen LogP contribution in [-0.2, 0) is 9.59 Å². The zero-order valence-electron chi connectivity index (χ0n) is 9.97. The Morgan fingerprint density at radius 1 is 1.35 bits per heavy atom. The molecule has 0 spiro atoms. The van der Waals surface area contributed by atoms with E-state index in [1.807, 2.05) is 0 Å². The lowest BCUT2D eigenvalue weighted by atomic mass is 10.1. The molecule has 1 atom stereocenters. The molecule has 1 aromatic heterocycles. The van der Waals surface area contributed by atoms with Crippen molar-refractivity contribution in [3.63, 3.8) is 0 Å². The number of hydrogen-bond donors (Lipinski definition) is 2. The maximum atomic E-state index is 12.3. The molecule has 0 aromatic carbocycles. The van der Waals surface area contributed by atoms with E-state index < -0.39 is 23.8 Å². The summed E-state index contributed by atoms with van der Waals surface area (Å²) in [6.45, 7) is -0.486. The molecular formula is C11H9Cl2N3O4. The van der Waals surface area contributed by atoms with Gasteiger partial charge in [-0.15, -0.1) is 0 Å². The van der Waals surface area contributed by atoms with Gasteiger partial charge in [-0.2, -0.15) is 0 Å². The summed E-state index contributed by atoms with van der Waals surface area (Å²) in [5, 5.41) is 11.5. The van der Waals surface area contributed by atoms with Crippen LogP contribution >= 0.6 is 23.2 Å². The first-order chi connectivity index (χ1) is 9.38. The van der Waals surface area contributed by atoms with Gasteiger partial charge in [0.1, 0.15) is 22.9 Å². The fourth-order valence-corrected chi connectivity index (χ4v) is 2.29. The van der Waals surface area contributed by atoms with Gasteiger partial charge >= 0.3 is 5.97 Å². The largest absolute Gasteiger partial charge is 0.480 e. The normalized spacial score (nSPS) is 18.6. The van der Waals surface area contributed by atoms with E-state index in [1.165, 1.54) is 12.1 Å². The van der Waals surface area contributed by atoms with E-state index in [4.69, 9.17) is 28.3 Å². The number of pyridine rings is 1. The molecule has 1 aliphatic heterocycles. The number of piperazine rings is 1. The highest BCUT2D eigenvalue weighted by atomic mass is 35.5. The van der Waals surface area contributed by atoms with Gasteiger partial charge in [0.15, 0.2) is 0 Å². The van der Waals surface area contributed by atoms with Crippen molar-refractivity contribution in [2.75, 3.05) is 13.1 Å². The highest BCUT2D eigenvalue weighted by Gasteiger charge is 2.35. The topological polar surface area (TPSA) is 99.6 Å². The van der Waals surface area contributed by atoms with E-state index in [0.29, 0.717) is 0 Å². The number of amides is 2. The number of nitrogens with one attached hydrogen (secondary N) is 1. The van der Waals surface area contributed by atoms with E-state index in [1.54, 1.807) is 0 Å². The third-order valence-electron chi connectivity index (χ3n) is 2.74. The van der Waals surface area contributed by atoms with E-state index in [2.05, 4.69) is 10.3 Å². The van der Waals surface area contributed by atoms with Crippen LogP contribution in [0.2, 0.25) is 10.3 Å². The Bertz CT molecular complexity index is 573. The van der Waals surface area contributed by atoms with Crippen LogP contribution in [0.3, 0.4) is 0 Å². The van der Waals surface area contributed by atoms with E-state index in [9.17, 15) is 14.4 Å². The fraction of sp³-hybridized carbons (Fsp3) is 0.273. The van der Waals surface area contributed by atoms with Gasteiger partial charge in [-0.1, -0.05) is 23.2 Å². The van der Waals surface area contributed by atoms with E-state index >= 15 is 0 Å². The number of aliphatic carboxylic acids is 1. The maximum Gasteiger partial charge on any atom is 0.328 e. The monoisotopic (exact) mass is 317 g/mol. The average Bonchev–Trinajstić information content (AvgIpc) is 2.36. The average molecular weight is 318 g/mol. The molecule has 0 radical (unpaired) electrons. The quantitative estimate of drug-likeness (QED) is 0.770. The molecule has 0 bridgehead atoms. The number of hydrogen-bond acceptors (Lipinski definition) is 4. The van der Waals surface area contributed by atoms with E-state index in [-0.39, 0.29) is 29.0 Å². The lowest BCUT2D eigenvalue weighted by Crippen LogP contribution is -2.59. The number of carboxylic acids is 1. The molecule has 106 valence electrons. The van der Waals surface area contributed by atoms with Crippen LogP contribution in [0.25, 0.3) is 0 Å². The minimum Gasteiger partial charge on any atom is -0.480 e. The summed E-state index contributed by atoms with van der Waals surface area (Å²) < 4.78 is 0. The lowest BCUT2D eigenvalue weighted by Gasteiger charge is -2.32. The summed E-state index contributed by atoms with van der Waals surface area (Å²) in [6.07, 6.45) is 0. The van der Waals surface area contributed by atoms with Gasteiger partial charge in [0.05, 0.1) is 0 Å². The first kappa shape index (κ1) is 14.5. The SMILES string of the molecule is O=C1CN(C(=O)c2cc(Cl)nc(Cl)c2)C(C(=O)O)CN1. The Hall–Kier alpha value is -1.86. The number of carboxylic acid groups (broad SMARTS) is 1. The van der Waals surface area contributed by atoms with Crippen molar-refractivity contribution in [2.24, 2.45) is 0 Å². The molecule has 9 heteroatoms. The number of carbonyl (C=O) groups is 3. The molecule has 1 unspecified atom stereocenters. The highest BCUT2D eigenvalue weighted by Crippen LogP contribution is 2.18. The molecule has 2 rings (SSSR count). The molecule has 0 saturated carbocycles. The summed E-state index contributed by atoms with van der Waals surface area (Å²) in [4.78, 5) is 39.4. The molecule has 2 heterocycles. The van der Waals surface area contributed by atoms with E-state index in [0.717, 1.165) is 4.90 Å². The summed E-state index contributed by atoms with van der Waals surface area (Å²) in [7, 11) is 0. The predicted octanol–water partition coefficient (Wildman–Crippen LogP) is 0.414. The standard InChI is InChI=1S/C11H9Cl2N3O4/c12-7-1-5(2-8(13)15-7)10(18)16-4-9(17)14-3-6(16)11(19)20/h1-2,6H,3-4H2,(H,14,17)(H,19,20). The van der Waals surface area contributed by atoms with Gasteiger partial charge < -0.3 is 15.3 Å². The van der Waals surface area contributed by atoms with Gasteiger partial charge in [0.2, 0.25) is 5.91 Å². The third kappa shape index (κ3) is 3.00. The molecule has 2 N–H and O–H groups in total. The smallest absolute Gasteiger partial charge is 0.328 e. The van der Waals surface area contributed by atoms with Crippen LogP contribution in [-0.4, -0.2) is 51.9 Å². The summed E-state index contributed by atoms with van der Waals surface area (Å²) in [6, 6.07) is 1.40. The Labute approximate surface area is 123 Å². The van der Waals surface area contributed by atoms with Crippen molar-refractivity contribution >= 4 is 41.0 Å². The summed E-state index contributed by atoms with van der Waals surface area (Å²) in [5.74, 6) is -2.27. The molecule has 1 aromatic rings. The van der Waals surface area contributed by atoms with Gasteiger partial charge in [-0.05, 0) is 12.1 Å². The Morgan fingerprint density at radius 2 is 1.95 bits per heavy atom. The summed E-state index contributed by atoms with van der Waals surface area (Å²) >= 11 is 11.4. The molecule has 7 nitrogen and oxygen atoms in total. The van der Waals surface area contributed by atoms with Crippen LogP contribution in [0.4, 0.5) is 0 Å². The number of nitrogens with zero attached hydrogens (tertiary/aromatic N) is 2. The number of carbonyl (C=O) groups excluding carboxylic acids is 2. The second-order valence-electron chi connectivity index (χ2n) is 4.09. The van der Waals surface area contributed by atoms with Crippen molar-refractivity contribution in [2.45, 2.75) is 6.04 Å². The zero-order chi connectivity index (χ0) is 14.9. The molecular weight excluding hydrogens is 309 g/mol. The molecule has 20 heavy (non-hydrogen) atoms. The number of rotatable bonds is 2. The van der Waals surface area contributed by atoms with Crippen molar-refractivity contribution in [3.8, 4) is 0 Å². The first-order valence-electron chi connectivity index (χ1n) is 5.52. The maximum absolute atomic E-state index is 12.3. The lowest BCUT2D eigenvalue weighted by molar-refractivity contribution is -0.144. The van der Waals surface area contributed by atoms with Gasteiger partial charge in [-0.25, -0.2) is 9.78 Å². The van der Waals surface area contributed by atoms with Crippen molar-refractivity contribution in [3.05, 3.63) is 28.0 Å². The second-order valence-corrected chi connectivity index (χ2v) is 4.87. The minimum atomic E-state index is -1.20. The van der Waals surface area contributed by atoms with Crippen molar-refractivity contribution in [1.82, 2.24) is 15.2 Å². The second kappa shape index (κ2) is 5.64. The van der Waals surface area contributed by atoms with Crippen molar-refractivity contribution in [1.29, 1.82) is 0 Å². The van der Waals surface area contributed by atoms with Crippen LogP contribution in [0, 0.1) is 0 Å². The first-order valence-corrected chi connectivity index (χ1v) is 6.27. The molecule has 1 aliphatic rings. The fourth-order valence-electron chi connectivity index (χ4n) is 1.83. The Kier molecular flexibility index (Phi) is 4.10. The highest BCUT2D eigenvalue weighted by molar-refractivity contribution is 6.33. The van der Waals surface area contributed by atoms with Gasteiger partial charge in [-0.3, -0.25) is 9.59 Å². The van der Waals surface area contributed by atoms with Crippen LogP contribution in [0.15, 0.2) is 12.1 Å². The number of halogens is 2. The third-order valence-corrected chi connectivity index (χ3v) is 3.13. The van der Waals surface area contributed by atoms with Crippen molar-refractivity contribution < 1.29 is 19.5 Å². The van der Waals surface area contributed by atoms with Gasteiger partial charge in [0, 0.05) is 12.1 Å². The Balaban J connectivity index is 2.33. The predicted molar refractivity (Wildman–Crippen MR) is 69.7 cm³/mol. The van der Waals surface area contributed by atoms with Crippen LogP contribution < -0.4 is 5.32 Å². The molecule has 2 amide bonds.